The Labute approximate surface area is 147 Å². The molecule has 25 heavy (non-hydrogen) atoms. The average Bonchev–Trinajstić information content (AvgIpc) is 3.06. The molecule has 0 radical (unpaired) electrons. The van der Waals surface area contributed by atoms with Crippen molar-refractivity contribution >= 4 is 0 Å². The molecule has 3 unspecified atom stereocenters. The molecule has 0 saturated carbocycles. The Bertz CT molecular complexity index is 718. The quantitative estimate of drug-likeness (QED) is 0.843. The van der Waals surface area contributed by atoms with Crippen molar-refractivity contribution in [1.82, 2.24) is 0 Å². The van der Waals surface area contributed by atoms with E-state index in [0.29, 0.717) is 19.8 Å². The van der Waals surface area contributed by atoms with Gasteiger partial charge in [0.1, 0.15) is 11.4 Å². The number of ether oxygens (including phenoxy) is 3. The molecule has 2 aliphatic heterocycles. The summed E-state index contributed by atoms with van der Waals surface area (Å²) < 4.78 is 31.4. The fourth-order valence-electron chi connectivity index (χ4n) is 4.22. The predicted octanol–water partition coefficient (Wildman–Crippen LogP) is 4.03. The van der Waals surface area contributed by atoms with Crippen LogP contribution in [0, 0.1) is 5.82 Å². The second-order valence-corrected chi connectivity index (χ2v) is 7.18. The van der Waals surface area contributed by atoms with Crippen LogP contribution in [0.2, 0.25) is 0 Å². The van der Waals surface area contributed by atoms with Crippen molar-refractivity contribution in [3.05, 3.63) is 71.5 Å². The van der Waals surface area contributed by atoms with Gasteiger partial charge in [-0.15, -0.1) is 0 Å². The zero-order valence-electron chi connectivity index (χ0n) is 14.4. The largest absolute Gasteiger partial charge is 0.375 e. The Morgan fingerprint density at radius 1 is 1.04 bits per heavy atom. The third-order valence-corrected chi connectivity index (χ3v) is 5.55. The van der Waals surface area contributed by atoms with Gasteiger partial charge in [0.2, 0.25) is 0 Å². The van der Waals surface area contributed by atoms with Gasteiger partial charge in [0.05, 0.1) is 25.4 Å². The van der Waals surface area contributed by atoms with Gasteiger partial charge in [-0.3, -0.25) is 0 Å². The molecule has 132 valence electrons. The average molecular weight is 342 g/mol. The molecule has 2 aromatic rings. The lowest BCUT2D eigenvalue weighted by Crippen LogP contribution is -2.51. The lowest BCUT2D eigenvalue weighted by molar-refractivity contribution is -0.198. The molecule has 2 saturated heterocycles. The summed E-state index contributed by atoms with van der Waals surface area (Å²) in [7, 11) is 1.74. The van der Waals surface area contributed by atoms with E-state index >= 15 is 0 Å². The van der Waals surface area contributed by atoms with Crippen molar-refractivity contribution in [3.63, 3.8) is 0 Å². The number of benzene rings is 2. The van der Waals surface area contributed by atoms with Crippen LogP contribution in [0.1, 0.15) is 29.9 Å². The van der Waals surface area contributed by atoms with Gasteiger partial charge in [-0.1, -0.05) is 42.5 Å². The van der Waals surface area contributed by atoms with E-state index in [1.165, 1.54) is 12.1 Å². The van der Waals surface area contributed by atoms with Crippen molar-refractivity contribution in [2.45, 2.75) is 30.0 Å². The highest BCUT2D eigenvalue weighted by Crippen LogP contribution is 2.47. The molecule has 3 atom stereocenters. The molecule has 4 heteroatoms. The van der Waals surface area contributed by atoms with Crippen molar-refractivity contribution in [2.24, 2.45) is 0 Å². The van der Waals surface area contributed by atoms with Crippen LogP contribution in [0.25, 0.3) is 0 Å². The Morgan fingerprint density at radius 2 is 1.80 bits per heavy atom. The highest BCUT2D eigenvalue weighted by atomic mass is 19.1. The number of halogens is 1. The van der Waals surface area contributed by atoms with Crippen LogP contribution >= 0.6 is 0 Å². The molecule has 0 amide bonds. The minimum absolute atomic E-state index is 0.208. The van der Waals surface area contributed by atoms with Gasteiger partial charge in [-0.05, 0) is 29.7 Å². The Kier molecular flexibility index (Phi) is 4.36. The van der Waals surface area contributed by atoms with Gasteiger partial charge in [0.15, 0.2) is 0 Å². The lowest BCUT2D eigenvalue weighted by Gasteiger charge is -2.45. The highest BCUT2D eigenvalue weighted by molar-refractivity contribution is 5.27. The van der Waals surface area contributed by atoms with E-state index in [1.807, 2.05) is 30.3 Å². The normalized spacial score (nSPS) is 32.2. The molecule has 1 spiro atoms. The van der Waals surface area contributed by atoms with Crippen molar-refractivity contribution in [2.75, 3.05) is 26.9 Å². The summed E-state index contributed by atoms with van der Waals surface area (Å²) >= 11 is 0. The van der Waals surface area contributed by atoms with Crippen LogP contribution in [0.3, 0.4) is 0 Å². The highest BCUT2D eigenvalue weighted by Gasteiger charge is 2.51. The lowest BCUT2D eigenvalue weighted by atomic mass is 9.77. The Morgan fingerprint density at radius 3 is 2.52 bits per heavy atom. The zero-order valence-corrected chi connectivity index (χ0v) is 14.4. The van der Waals surface area contributed by atoms with E-state index < -0.39 is 5.60 Å². The van der Waals surface area contributed by atoms with Gasteiger partial charge in [-0.2, -0.15) is 0 Å². The maximum absolute atomic E-state index is 13.2. The summed E-state index contributed by atoms with van der Waals surface area (Å²) in [5.41, 5.74) is 1.39. The predicted molar refractivity (Wildman–Crippen MR) is 93.0 cm³/mol. The topological polar surface area (TPSA) is 27.7 Å². The second-order valence-electron chi connectivity index (χ2n) is 7.18. The molecule has 0 bridgehead atoms. The van der Waals surface area contributed by atoms with Gasteiger partial charge in [0, 0.05) is 19.4 Å². The monoisotopic (exact) mass is 342 g/mol. The minimum atomic E-state index is -0.489. The third kappa shape index (κ3) is 3.10. The molecule has 4 rings (SSSR count). The molecule has 2 aliphatic rings. The summed E-state index contributed by atoms with van der Waals surface area (Å²) in [5.74, 6) is 0.0495. The maximum Gasteiger partial charge on any atom is 0.123 e. The van der Waals surface area contributed by atoms with Crippen molar-refractivity contribution in [1.29, 1.82) is 0 Å². The molecule has 0 N–H and O–H groups in total. The van der Waals surface area contributed by atoms with Crippen LogP contribution in [0.5, 0.6) is 0 Å². The number of hydrogen-bond donors (Lipinski definition) is 0. The first-order valence-electron chi connectivity index (χ1n) is 8.73. The number of hydrogen-bond acceptors (Lipinski definition) is 3. The Hall–Kier alpha value is -1.75. The summed E-state index contributed by atoms with van der Waals surface area (Å²) in [6.07, 6.45) is 1.62. The summed E-state index contributed by atoms with van der Waals surface area (Å²) in [5, 5.41) is 0. The van der Waals surface area contributed by atoms with E-state index in [2.05, 4.69) is 12.1 Å². The van der Waals surface area contributed by atoms with E-state index in [1.54, 1.807) is 7.11 Å². The molecule has 0 aromatic heterocycles. The van der Waals surface area contributed by atoms with Crippen molar-refractivity contribution < 1.29 is 18.6 Å². The molecule has 2 heterocycles. The van der Waals surface area contributed by atoms with Crippen LogP contribution in [0.4, 0.5) is 4.39 Å². The molecule has 2 aromatic carbocycles. The first-order chi connectivity index (χ1) is 12.1. The molecular formula is C21H23FO3. The minimum Gasteiger partial charge on any atom is -0.375 e. The maximum atomic E-state index is 13.2. The first-order valence-corrected chi connectivity index (χ1v) is 8.73. The van der Waals surface area contributed by atoms with Gasteiger partial charge < -0.3 is 14.2 Å². The van der Waals surface area contributed by atoms with Crippen LogP contribution in [-0.2, 0) is 19.8 Å². The number of rotatable bonds is 3. The fourth-order valence-corrected chi connectivity index (χ4v) is 4.22. The van der Waals surface area contributed by atoms with E-state index in [0.717, 1.165) is 24.0 Å². The summed E-state index contributed by atoms with van der Waals surface area (Å²) in [6, 6.07) is 16.9. The van der Waals surface area contributed by atoms with Gasteiger partial charge in [-0.25, -0.2) is 4.39 Å². The van der Waals surface area contributed by atoms with Gasteiger partial charge >= 0.3 is 0 Å². The van der Waals surface area contributed by atoms with E-state index in [9.17, 15) is 4.39 Å². The fraction of sp³-hybridized carbons (Fsp3) is 0.429. The zero-order chi connectivity index (χ0) is 17.3. The smallest absolute Gasteiger partial charge is 0.123 e. The number of methoxy groups -OCH3 is 1. The first kappa shape index (κ1) is 16.7. The summed E-state index contributed by atoms with van der Waals surface area (Å²) in [6.45, 7) is 1.73. The van der Waals surface area contributed by atoms with E-state index in [4.69, 9.17) is 14.2 Å². The standard InChI is InChI=1S/C21H23FO3/c1-23-21(18-5-3-2-4-6-18)13-20(14-24-15-21)11-17(12-25-20)16-7-9-19(22)10-8-16/h2-10,17H,11-15H2,1H3. The Balaban J connectivity index is 1.57. The molecule has 0 aliphatic carbocycles. The SMILES string of the molecule is COC1(c2ccccc2)COCC2(CC(c3ccc(F)cc3)CO2)C1. The molecular weight excluding hydrogens is 319 g/mol. The van der Waals surface area contributed by atoms with Crippen LogP contribution < -0.4 is 0 Å². The van der Waals surface area contributed by atoms with E-state index in [-0.39, 0.29) is 17.3 Å². The van der Waals surface area contributed by atoms with Gasteiger partial charge in [0.25, 0.3) is 0 Å². The van der Waals surface area contributed by atoms with Crippen LogP contribution in [0.15, 0.2) is 54.6 Å². The van der Waals surface area contributed by atoms with Crippen LogP contribution in [-0.4, -0.2) is 32.5 Å². The third-order valence-electron chi connectivity index (χ3n) is 5.55. The second kappa shape index (κ2) is 6.52. The summed E-state index contributed by atoms with van der Waals surface area (Å²) in [4.78, 5) is 0. The van der Waals surface area contributed by atoms with Crippen molar-refractivity contribution in [3.8, 4) is 0 Å². The molecule has 3 nitrogen and oxygen atoms in total. The molecule has 2 fully saturated rings.